The van der Waals surface area contributed by atoms with Crippen molar-refractivity contribution in [3.05, 3.63) is 76.0 Å². The molecule has 3 aromatic rings. The molecule has 0 bridgehead atoms. The number of benzene rings is 2. The molecule has 0 fully saturated rings. The number of ether oxygens (including phenoxy) is 1. The van der Waals surface area contributed by atoms with Gasteiger partial charge in [-0.25, -0.2) is 4.98 Å². The molecule has 2 N–H and O–H groups in total. The first-order valence-electron chi connectivity index (χ1n) is 8.58. The lowest BCUT2D eigenvalue weighted by molar-refractivity contribution is -0.385. The number of hydrogen-bond donors (Lipinski definition) is 2. The summed E-state index contributed by atoms with van der Waals surface area (Å²) in [5.74, 6) is -2.33. The number of nitrogens with one attached hydrogen (secondary N) is 2. The van der Waals surface area contributed by atoms with Crippen LogP contribution in [-0.2, 0) is 0 Å². The molecule has 0 radical (unpaired) electrons. The highest BCUT2D eigenvalue weighted by Gasteiger charge is 2.29. The van der Waals surface area contributed by atoms with Crippen LogP contribution in [-0.4, -0.2) is 34.5 Å². The summed E-state index contributed by atoms with van der Waals surface area (Å²) < 4.78 is 41.4. The van der Waals surface area contributed by atoms with E-state index in [0.717, 1.165) is 23.6 Å². The van der Waals surface area contributed by atoms with Crippen molar-refractivity contribution in [1.82, 2.24) is 15.8 Å². The molecule has 12 heteroatoms. The number of amides is 2. The Morgan fingerprint density at radius 3 is 2.45 bits per heavy atom. The Hall–Kier alpha value is -4.22. The zero-order valence-corrected chi connectivity index (χ0v) is 15.5. The average molecular weight is 434 g/mol. The number of hydrazine groups is 1. The predicted octanol–water partition coefficient (Wildman–Crippen LogP) is 3.16. The zero-order valence-electron chi connectivity index (χ0n) is 15.5. The lowest BCUT2D eigenvalue weighted by atomic mass is 10.1. The molecule has 9 nitrogen and oxygen atoms in total. The predicted molar refractivity (Wildman–Crippen MR) is 101 cm³/mol. The molecule has 0 aliphatic carbocycles. The molecule has 2 amide bonds. The molecule has 0 aliphatic heterocycles. The van der Waals surface area contributed by atoms with E-state index >= 15 is 0 Å². The topological polar surface area (TPSA) is 123 Å². The molecular weight excluding hydrogens is 421 g/mol. The van der Waals surface area contributed by atoms with Crippen LogP contribution in [0.1, 0.15) is 20.8 Å². The van der Waals surface area contributed by atoms with E-state index in [-0.39, 0.29) is 5.69 Å². The Morgan fingerprint density at radius 1 is 1.03 bits per heavy atom. The van der Waals surface area contributed by atoms with Crippen molar-refractivity contribution >= 4 is 28.4 Å². The number of fused-ring (bicyclic) bond motifs is 1. The molecule has 2 aromatic carbocycles. The minimum absolute atomic E-state index is 0.0317. The summed E-state index contributed by atoms with van der Waals surface area (Å²) in [6.07, 6.45) is -4.63. The monoisotopic (exact) mass is 434 g/mol. The second-order valence-electron chi connectivity index (χ2n) is 6.14. The van der Waals surface area contributed by atoms with Gasteiger partial charge in [-0.2, -0.15) is 13.2 Å². The number of nitro groups is 1. The Morgan fingerprint density at radius 2 is 1.74 bits per heavy atom. The maximum absolute atomic E-state index is 12.3. The first kappa shape index (κ1) is 21.5. The molecule has 160 valence electrons. The molecule has 31 heavy (non-hydrogen) atoms. The van der Waals surface area contributed by atoms with Gasteiger partial charge in [-0.05, 0) is 24.3 Å². The SMILES string of the molecule is O=C(NNC(=O)c1cc(OCC(F)(F)F)ccc1[N+](=O)[O-])c1ccc2ccccc2n1. The number of aromatic nitrogens is 1. The third-order valence-electron chi connectivity index (χ3n) is 3.93. The van der Waals surface area contributed by atoms with Crippen LogP contribution in [0, 0.1) is 10.1 Å². The van der Waals surface area contributed by atoms with Gasteiger partial charge in [0.05, 0.1) is 10.4 Å². The van der Waals surface area contributed by atoms with E-state index in [1.165, 1.54) is 6.07 Å². The van der Waals surface area contributed by atoms with Crippen molar-refractivity contribution in [2.75, 3.05) is 6.61 Å². The molecule has 3 rings (SSSR count). The number of rotatable bonds is 5. The molecule has 0 spiro atoms. The van der Waals surface area contributed by atoms with E-state index in [1.54, 1.807) is 30.3 Å². The van der Waals surface area contributed by atoms with Crippen LogP contribution in [0.15, 0.2) is 54.6 Å². The first-order valence-corrected chi connectivity index (χ1v) is 8.58. The lowest BCUT2D eigenvalue weighted by Crippen LogP contribution is -2.42. The summed E-state index contributed by atoms with van der Waals surface area (Å²) in [5.41, 5.74) is 3.26. The second kappa shape index (κ2) is 8.65. The lowest BCUT2D eigenvalue weighted by Gasteiger charge is -2.11. The number of para-hydroxylation sites is 1. The van der Waals surface area contributed by atoms with Crippen LogP contribution in [0.3, 0.4) is 0 Å². The van der Waals surface area contributed by atoms with Gasteiger partial charge >= 0.3 is 6.18 Å². The summed E-state index contributed by atoms with van der Waals surface area (Å²) >= 11 is 0. The van der Waals surface area contributed by atoms with Crippen molar-refractivity contribution in [3.8, 4) is 5.75 Å². The van der Waals surface area contributed by atoms with Gasteiger partial charge < -0.3 is 4.74 Å². The van der Waals surface area contributed by atoms with Crippen molar-refractivity contribution < 1.29 is 32.4 Å². The number of alkyl halides is 3. The minimum Gasteiger partial charge on any atom is -0.484 e. The summed E-state index contributed by atoms with van der Waals surface area (Å²) in [4.78, 5) is 39.0. The van der Waals surface area contributed by atoms with Gasteiger partial charge in [0.25, 0.3) is 17.5 Å². The van der Waals surface area contributed by atoms with Gasteiger partial charge in [-0.3, -0.25) is 30.6 Å². The van der Waals surface area contributed by atoms with E-state index in [9.17, 15) is 32.9 Å². The van der Waals surface area contributed by atoms with Crippen LogP contribution in [0.2, 0.25) is 0 Å². The zero-order chi connectivity index (χ0) is 22.6. The molecule has 0 saturated carbocycles. The van der Waals surface area contributed by atoms with Crippen LogP contribution >= 0.6 is 0 Å². The second-order valence-corrected chi connectivity index (χ2v) is 6.14. The highest BCUT2D eigenvalue weighted by Crippen LogP contribution is 2.25. The van der Waals surface area contributed by atoms with Crippen LogP contribution < -0.4 is 15.6 Å². The van der Waals surface area contributed by atoms with Gasteiger partial charge in [-0.15, -0.1) is 0 Å². The van der Waals surface area contributed by atoms with Crippen LogP contribution in [0.4, 0.5) is 18.9 Å². The molecule has 0 unspecified atom stereocenters. The van der Waals surface area contributed by atoms with E-state index in [4.69, 9.17) is 0 Å². The van der Waals surface area contributed by atoms with Crippen molar-refractivity contribution in [3.63, 3.8) is 0 Å². The molecule has 1 aromatic heterocycles. The smallest absolute Gasteiger partial charge is 0.422 e. The number of halogens is 3. The fraction of sp³-hybridized carbons (Fsp3) is 0.105. The average Bonchev–Trinajstić information content (AvgIpc) is 2.74. The molecular formula is C19H13F3N4O5. The molecule has 1 heterocycles. The number of hydrogen-bond acceptors (Lipinski definition) is 6. The van der Waals surface area contributed by atoms with E-state index in [2.05, 4.69) is 15.1 Å². The Labute approximate surface area is 172 Å². The normalized spacial score (nSPS) is 11.1. The number of pyridine rings is 1. The maximum atomic E-state index is 12.3. The maximum Gasteiger partial charge on any atom is 0.422 e. The number of nitro benzene ring substituents is 1. The Bertz CT molecular complexity index is 1170. The van der Waals surface area contributed by atoms with Crippen molar-refractivity contribution in [2.24, 2.45) is 0 Å². The quantitative estimate of drug-likeness (QED) is 0.470. The number of nitrogens with zero attached hydrogens (tertiary/aromatic N) is 2. The fourth-order valence-corrected chi connectivity index (χ4v) is 2.55. The highest BCUT2D eigenvalue weighted by molar-refractivity contribution is 6.01. The van der Waals surface area contributed by atoms with E-state index < -0.39 is 46.5 Å². The van der Waals surface area contributed by atoms with Gasteiger partial charge in [0.1, 0.15) is 17.0 Å². The Balaban J connectivity index is 1.74. The number of carbonyl (C=O) groups excluding carboxylic acids is 2. The molecule has 0 aliphatic rings. The van der Waals surface area contributed by atoms with Gasteiger partial charge in [-0.1, -0.05) is 24.3 Å². The summed E-state index contributed by atoms with van der Waals surface area (Å²) in [5, 5.41) is 11.9. The van der Waals surface area contributed by atoms with Crippen LogP contribution in [0.5, 0.6) is 5.75 Å². The molecule has 0 saturated heterocycles. The van der Waals surface area contributed by atoms with Crippen molar-refractivity contribution in [1.29, 1.82) is 0 Å². The fourth-order valence-electron chi connectivity index (χ4n) is 2.55. The summed E-state index contributed by atoms with van der Waals surface area (Å²) in [7, 11) is 0. The number of carbonyl (C=O) groups is 2. The van der Waals surface area contributed by atoms with Crippen LogP contribution in [0.25, 0.3) is 10.9 Å². The van der Waals surface area contributed by atoms with E-state index in [1.807, 2.05) is 5.43 Å². The van der Waals surface area contributed by atoms with Crippen molar-refractivity contribution in [2.45, 2.75) is 6.18 Å². The van der Waals surface area contributed by atoms with Gasteiger partial charge in [0.15, 0.2) is 6.61 Å². The largest absolute Gasteiger partial charge is 0.484 e. The third-order valence-corrected chi connectivity index (χ3v) is 3.93. The molecule has 0 atom stereocenters. The highest BCUT2D eigenvalue weighted by atomic mass is 19.4. The Kier molecular flexibility index (Phi) is 6.00. The third kappa shape index (κ3) is 5.44. The van der Waals surface area contributed by atoms with Gasteiger partial charge in [0, 0.05) is 11.5 Å². The van der Waals surface area contributed by atoms with E-state index in [0.29, 0.717) is 5.52 Å². The summed E-state index contributed by atoms with van der Waals surface area (Å²) in [6.45, 7) is -1.64. The summed E-state index contributed by atoms with van der Waals surface area (Å²) in [6, 6.07) is 12.6. The van der Waals surface area contributed by atoms with Gasteiger partial charge in [0.2, 0.25) is 0 Å². The minimum atomic E-state index is -4.63. The standard InChI is InChI=1S/C19H13F3N4O5/c20-19(21,22)10-31-12-6-8-16(26(29)30)13(9-12)17(27)24-25-18(28)15-7-5-11-3-1-2-4-14(11)23-15/h1-9H,10H2,(H,24,27)(H,25,28). The first-order chi connectivity index (χ1) is 14.6.